The SMILES string of the molecule is CCN(CC(C)C)c1nc(C(=O)O)c(C(C)=O)s1. The minimum atomic E-state index is -1.15. The van der Waals surface area contributed by atoms with E-state index >= 15 is 0 Å². The van der Waals surface area contributed by atoms with Crippen molar-refractivity contribution < 1.29 is 14.7 Å². The molecular weight excluding hydrogens is 252 g/mol. The molecule has 100 valence electrons. The van der Waals surface area contributed by atoms with Gasteiger partial charge in [-0.15, -0.1) is 0 Å². The molecule has 0 unspecified atom stereocenters. The largest absolute Gasteiger partial charge is 0.476 e. The molecule has 5 nitrogen and oxygen atoms in total. The number of hydrogen-bond donors (Lipinski definition) is 1. The second-order valence-corrected chi connectivity index (χ2v) is 5.45. The number of carboxylic acid groups (broad SMARTS) is 1. The average Bonchev–Trinajstić information content (AvgIpc) is 2.70. The van der Waals surface area contributed by atoms with Gasteiger partial charge in [0, 0.05) is 20.0 Å². The Morgan fingerprint density at radius 3 is 2.39 bits per heavy atom. The summed E-state index contributed by atoms with van der Waals surface area (Å²) in [6.45, 7) is 9.04. The van der Waals surface area contributed by atoms with E-state index in [9.17, 15) is 9.59 Å². The summed E-state index contributed by atoms with van der Waals surface area (Å²) in [6, 6.07) is 0. The number of carbonyl (C=O) groups is 2. The van der Waals surface area contributed by atoms with Crippen LogP contribution in [0.4, 0.5) is 5.13 Å². The fourth-order valence-electron chi connectivity index (χ4n) is 1.61. The lowest BCUT2D eigenvalue weighted by Gasteiger charge is -2.21. The highest BCUT2D eigenvalue weighted by molar-refractivity contribution is 7.17. The minimum absolute atomic E-state index is 0.135. The molecule has 18 heavy (non-hydrogen) atoms. The van der Waals surface area contributed by atoms with Crippen LogP contribution in [-0.4, -0.2) is 34.9 Å². The summed E-state index contributed by atoms with van der Waals surface area (Å²) in [5, 5.41) is 9.64. The van der Waals surface area contributed by atoms with Crippen molar-refractivity contribution in [1.82, 2.24) is 4.98 Å². The number of aromatic nitrogens is 1. The van der Waals surface area contributed by atoms with Gasteiger partial charge in [0.2, 0.25) is 0 Å². The molecule has 1 N–H and O–H groups in total. The molecule has 1 aromatic heterocycles. The van der Waals surface area contributed by atoms with Crippen molar-refractivity contribution in [3.8, 4) is 0 Å². The zero-order chi connectivity index (χ0) is 13.9. The van der Waals surface area contributed by atoms with E-state index in [2.05, 4.69) is 18.8 Å². The van der Waals surface area contributed by atoms with Crippen molar-refractivity contribution in [2.24, 2.45) is 5.92 Å². The number of anilines is 1. The maximum Gasteiger partial charge on any atom is 0.356 e. The molecule has 0 saturated carbocycles. The van der Waals surface area contributed by atoms with E-state index in [1.54, 1.807) is 0 Å². The van der Waals surface area contributed by atoms with E-state index in [1.165, 1.54) is 6.92 Å². The monoisotopic (exact) mass is 270 g/mol. The standard InChI is InChI=1S/C12H18N2O3S/c1-5-14(6-7(2)3)12-13-9(11(16)17)10(18-12)8(4)15/h7H,5-6H2,1-4H3,(H,16,17). The van der Waals surface area contributed by atoms with Gasteiger partial charge < -0.3 is 10.0 Å². The van der Waals surface area contributed by atoms with Crippen LogP contribution in [0.5, 0.6) is 0 Å². The Morgan fingerprint density at radius 2 is 2.06 bits per heavy atom. The van der Waals surface area contributed by atoms with E-state index in [0.29, 0.717) is 11.0 Å². The van der Waals surface area contributed by atoms with Crippen LogP contribution in [0.3, 0.4) is 0 Å². The molecular formula is C12H18N2O3S. The third kappa shape index (κ3) is 3.29. The van der Waals surface area contributed by atoms with E-state index in [4.69, 9.17) is 5.11 Å². The van der Waals surface area contributed by atoms with Crippen molar-refractivity contribution in [3.05, 3.63) is 10.6 Å². The Morgan fingerprint density at radius 1 is 1.44 bits per heavy atom. The van der Waals surface area contributed by atoms with Crippen LogP contribution >= 0.6 is 11.3 Å². The number of rotatable bonds is 6. The first-order valence-corrected chi connectivity index (χ1v) is 6.68. The molecule has 0 radical (unpaired) electrons. The molecule has 0 fully saturated rings. The Balaban J connectivity index is 3.13. The van der Waals surface area contributed by atoms with Crippen molar-refractivity contribution >= 4 is 28.2 Å². The van der Waals surface area contributed by atoms with Gasteiger partial charge in [-0.3, -0.25) is 4.79 Å². The van der Waals surface area contributed by atoms with E-state index in [-0.39, 0.29) is 16.4 Å². The highest BCUT2D eigenvalue weighted by Crippen LogP contribution is 2.27. The van der Waals surface area contributed by atoms with Crippen LogP contribution in [0.15, 0.2) is 0 Å². The molecule has 6 heteroatoms. The summed E-state index contributed by atoms with van der Waals surface area (Å²) in [6.07, 6.45) is 0. The highest BCUT2D eigenvalue weighted by atomic mass is 32.1. The quantitative estimate of drug-likeness (QED) is 0.804. The summed E-state index contributed by atoms with van der Waals surface area (Å²) in [4.78, 5) is 28.7. The van der Waals surface area contributed by atoms with E-state index in [1.807, 2.05) is 11.8 Å². The van der Waals surface area contributed by atoms with Gasteiger partial charge in [0.15, 0.2) is 16.6 Å². The molecule has 1 heterocycles. The average molecular weight is 270 g/mol. The van der Waals surface area contributed by atoms with Gasteiger partial charge in [-0.25, -0.2) is 9.78 Å². The summed E-state index contributed by atoms with van der Waals surface area (Å²) in [7, 11) is 0. The smallest absolute Gasteiger partial charge is 0.356 e. The maximum atomic E-state index is 11.4. The molecule has 1 aromatic rings. The van der Waals surface area contributed by atoms with Gasteiger partial charge in [0.1, 0.15) is 4.88 Å². The molecule has 0 aliphatic carbocycles. The lowest BCUT2D eigenvalue weighted by atomic mass is 10.2. The number of ketones is 1. The number of carbonyl (C=O) groups excluding carboxylic acids is 1. The van der Waals surface area contributed by atoms with Gasteiger partial charge in [-0.2, -0.15) is 0 Å². The third-order valence-electron chi connectivity index (χ3n) is 2.38. The summed E-state index contributed by atoms with van der Waals surface area (Å²) in [5.41, 5.74) is -0.135. The van der Waals surface area contributed by atoms with Gasteiger partial charge in [0.25, 0.3) is 0 Å². The molecule has 0 aliphatic rings. The molecule has 0 atom stereocenters. The molecule has 0 bridgehead atoms. The normalized spacial score (nSPS) is 10.7. The second kappa shape index (κ2) is 5.95. The topological polar surface area (TPSA) is 70.5 Å². The number of aromatic carboxylic acids is 1. The lowest BCUT2D eigenvalue weighted by Crippen LogP contribution is -2.27. The predicted molar refractivity (Wildman–Crippen MR) is 71.8 cm³/mol. The number of Topliss-reactive ketones (excluding diaryl/α,β-unsaturated/α-hetero) is 1. The number of carboxylic acids is 1. The maximum absolute atomic E-state index is 11.4. The van der Waals surface area contributed by atoms with Crippen LogP contribution < -0.4 is 4.90 Å². The van der Waals surface area contributed by atoms with Gasteiger partial charge in [-0.05, 0) is 12.8 Å². The number of hydrogen-bond acceptors (Lipinski definition) is 5. The fraction of sp³-hybridized carbons (Fsp3) is 0.583. The second-order valence-electron chi connectivity index (χ2n) is 4.47. The Bertz CT molecular complexity index is 423. The first-order valence-electron chi connectivity index (χ1n) is 5.86. The first kappa shape index (κ1) is 14.6. The first-order chi connectivity index (χ1) is 8.36. The summed E-state index contributed by atoms with van der Waals surface area (Å²) in [5.74, 6) is -0.956. The summed E-state index contributed by atoms with van der Waals surface area (Å²) < 4.78 is 0. The van der Waals surface area contributed by atoms with Crippen LogP contribution in [0.2, 0.25) is 0 Å². The number of thiazole rings is 1. The van der Waals surface area contributed by atoms with Crippen LogP contribution in [0, 0.1) is 5.92 Å². The van der Waals surface area contributed by atoms with Gasteiger partial charge in [-0.1, -0.05) is 25.2 Å². The zero-order valence-corrected chi connectivity index (χ0v) is 11.9. The van der Waals surface area contributed by atoms with Crippen molar-refractivity contribution in [2.45, 2.75) is 27.7 Å². The zero-order valence-electron chi connectivity index (χ0n) is 11.1. The van der Waals surface area contributed by atoms with Crippen molar-refractivity contribution in [2.75, 3.05) is 18.0 Å². The Labute approximate surface area is 110 Å². The van der Waals surface area contributed by atoms with Crippen LogP contribution in [0.1, 0.15) is 47.9 Å². The minimum Gasteiger partial charge on any atom is -0.476 e. The predicted octanol–water partition coefficient (Wildman–Crippen LogP) is 2.53. The fourth-order valence-corrected chi connectivity index (χ4v) is 2.64. The van der Waals surface area contributed by atoms with Crippen molar-refractivity contribution in [3.63, 3.8) is 0 Å². The van der Waals surface area contributed by atoms with Crippen LogP contribution in [0.25, 0.3) is 0 Å². The molecule has 0 amide bonds. The number of nitrogens with zero attached hydrogens (tertiary/aromatic N) is 2. The summed E-state index contributed by atoms with van der Waals surface area (Å²) >= 11 is 1.16. The molecule has 0 aromatic carbocycles. The molecule has 0 aliphatic heterocycles. The van der Waals surface area contributed by atoms with Gasteiger partial charge >= 0.3 is 5.97 Å². The van der Waals surface area contributed by atoms with E-state index in [0.717, 1.165) is 24.4 Å². The molecule has 0 spiro atoms. The highest BCUT2D eigenvalue weighted by Gasteiger charge is 2.22. The van der Waals surface area contributed by atoms with Crippen molar-refractivity contribution in [1.29, 1.82) is 0 Å². The van der Waals surface area contributed by atoms with Crippen LogP contribution in [-0.2, 0) is 0 Å². The van der Waals surface area contributed by atoms with E-state index < -0.39 is 5.97 Å². The Kier molecular flexibility index (Phi) is 4.84. The molecule has 0 saturated heterocycles. The molecule has 1 rings (SSSR count). The van der Waals surface area contributed by atoms with Gasteiger partial charge in [0.05, 0.1) is 0 Å². The lowest BCUT2D eigenvalue weighted by molar-refractivity contribution is 0.0687. The third-order valence-corrected chi connectivity index (χ3v) is 3.59. The Hall–Kier alpha value is -1.43.